The van der Waals surface area contributed by atoms with Gasteiger partial charge in [0.25, 0.3) is 0 Å². The molecule has 0 aromatic rings. The SMILES string of the molecule is CC/C=C\C/C=C\C/C=C\C/C=C\C/C=C\CCCCCCCCCCCCCCCC(=O)OC(COC(=O)CCCCCCCCCCCCC/C=C\C/C=C\C/C=C\C/C=C\C/C=C\CC)COP(=O)(O)OCC[N+](C)(C)C. The van der Waals surface area contributed by atoms with E-state index in [1.54, 1.807) is 0 Å². The molecule has 2 atom stereocenters. The van der Waals surface area contributed by atoms with Gasteiger partial charge in [-0.25, -0.2) is 4.57 Å². The van der Waals surface area contributed by atoms with Crippen molar-refractivity contribution < 1.29 is 42.1 Å². The van der Waals surface area contributed by atoms with Crippen molar-refractivity contribution in [2.24, 2.45) is 0 Å². The van der Waals surface area contributed by atoms with Gasteiger partial charge in [-0.15, -0.1) is 0 Å². The van der Waals surface area contributed by atoms with Gasteiger partial charge in [0.1, 0.15) is 19.8 Å². The normalized spacial score (nSPS) is 14.0. The van der Waals surface area contributed by atoms with Crippen LogP contribution in [0.3, 0.4) is 0 Å². The molecule has 0 aliphatic rings. The van der Waals surface area contributed by atoms with Crippen molar-refractivity contribution in [1.82, 2.24) is 0 Å². The first kappa shape index (κ1) is 76.4. The molecule has 0 bridgehead atoms. The highest BCUT2D eigenvalue weighted by molar-refractivity contribution is 7.47. The van der Waals surface area contributed by atoms with Crippen LogP contribution in [-0.2, 0) is 32.7 Å². The minimum absolute atomic E-state index is 0.0259. The van der Waals surface area contributed by atoms with Gasteiger partial charge in [0.15, 0.2) is 6.10 Å². The fourth-order valence-electron chi connectivity index (χ4n) is 8.60. The number of ether oxygens (including phenoxy) is 2. The van der Waals surface area contributed by atoms with Crippen LogP contribution in [0.1, 0.15) is 258 Å². The van der Waals surface area contributed by atoms with E-state index in [2.05, 4.69) is 135 Å². The van der Waals surface area contributed by atoms with Crippen molar-refractivity contribution in [3.05, 3.63) is 122 Å². The molecule has 0 rings (SSSR count). The summed E-state index contributed by atoms with van der Waals surface area (Å²) in [5.74, 6) is -0.803. The first-order valence-electron chi connectivity index (χ1n) is 32.3. The predicted octanol–water partition coefficient (Wildman–Crippen LogP) is 20.7. The summed E-state index contributed by atoms with van der Waals surface area (Å²) in [5, 5.41) is 0. The molecule has 0 saturated carbocycles. The predicted molar refractivity (Wildman–Crippen MR) is 344 cm³/mol. The fraction of sp³-hybridized carbons (Fsp3) is 0.686. The first-order chi connectivity index (χ1) is 39.0. The zero-order valence-corrected chi connectivity index (χ0v) is 52.9. The number of allylic oxidation sites excluding steroid dienone is 20. The Kier molecular flexibility index (Phi) is 57.3. The number of likely N-dealkylation sites (N-methyl/N-ethyl adjacent to an activating group) is 1. The molecule has 0 radical (unpaired) electrons. The zero-order valence-electron chi connectivity index (χ0n) is 52.0. The third-order valence-electron chi connectivity index (χ3n) is 13.5. The number of rotatable bonds is 58. The number of nitrogens with zero attached hydrogens (tertiary/aromatic N) is 1. The summed E-state index contributed by atoms with van der Waals surface area (Å²) in [4.78, 5) is 35.8. The largest absolute Gasteiger partial charge is 0.472 e. The molecular weight excluding hydrogens is 1010 g/mol. The van der Waals surface area contributed by atoms with Gasteiger partial charge in [-0.05, 0) is 103 Å². The number of carbonyl (C=O) groups excluding carboxylic acids is 2. The second-order valence-corrected chi connectivity index (χ2v) is 23.8. The van der Waals surface area contributed by atoms with Gasteiger partial charge in [-0.2, -0.15) is 0 Å². The van der Waals surface area contributed by atoms with E-state index in [1.807, 2.05) is 21.1 Å². The summed E-state index contributed by atoms with van der Waals surface area (Å²) < 4.78 is 34.7. The molecule has 9 nitrogen and oxygen atoms in total. The van der Waals surface area contributed by atoms with Crippen LogP contribution < -0.4 is 0 Å². The number of carbonyl (C=O) groups is 2. The van der Waals surface area contributed by atoms with Crippen LogP contribution in [-0.4, -0.2) is 74.9 Å². The molecule has 0 aliphatic carbocycles. The van der Waals surface area contributed by atoms with Crippen molar-refractivity contribution in [1.29, 1.82) is 0 Å². The van der Waals surface area contributed by atoms with Crippen LogP contribution in [0.25, 0.3) is 0 Å². The van der Waals surface area contributed by atoms with E-state index >= 15 is 0 Å². The molecule has 0 spiro atoms. The maximum Gasteiger partial charge on any atom is 0.472 e. The zero-order chi connectivity index (χ0) is 58.4. The van der Waals surface area contributed by atoms with E-state index in [1.165, 1.54) is 122 Å². The summed E-state index contributed by atoms with van der Waals surface area (Å²) in [5.41, 5.74) is 0. The Morgan fingerprint density at radius 1 is 0.388 bits per heavy atom. The topological polar surface area (TPSA) is 108 Å². The van der Waals surface area contributed by atoms with Crippen molar-refractivity contribution in [2.75, 3.05) is 47.5 Å². The van der Waals surface area contributed by atoms with Crippen molar-refractivity contribution in [2.45, 2.75) is 264 Å². The molecule has 10 heteroatoms. The van der Waals surface area contributed by atoms with E-state index < -0.39 is 26.5 Å². The van der Waals surface area contributed by atoms with Gasteiger partial charge in [0.2, 0.25) is 0 Å². The van der Waals surface area contributed by atoms with Crippen molar-refractivity contribution in [3.63, 3.8) is 0 Å². The minimum atomic E-state index is -4.40. The number of hydrogen-bond donors (Lipinski definition) is 1. The molecule has 0 saturated heterocycles. The average molecular weight is 1140 g/mol. The Morgan fingerprint density at radius 2 is 0.675 bits per heavy atom. The van der Waals surface area contributed by atoms with Crippen LogP contribution in [0, 0.1) is 0 Å². The maximum absolute atomic E-state index is 12.9. The number of unbranched alkanes of at least 4 members (excludes halogenated alkanes) is 24. The molecule has 0 aromatic carbocycles. The minimum Gasteiger partial charge on any atom is -0.462 e. The van der Waals surface area contributed by atoms with Crippen LogP contribution in [0.15, 0.2) is 122 Å². The Labute approximate surface area is 492 Å². The molecule has 2 unspecified atom stereocenters. The van der Waals surface area contributed by atoms with E-state index in [0.29, 0.717) is 17.4 Å². The van der Waals surface area contributed by atoms with Crippen LogP contribution >= 0.6 is 7.82 Å². The summed E-state index contributed by atoms with van der Waals surface area (Å²) in [6, 6.07) is 0. The van der Waals surface area contributed by atoms with E-state index in [4.69, 9.17) is 18.5 Å². The van der Waals surface area contributed by atoms with E-state index in [9.17, 15) is 19.0 Å². The second kappa shape index (κ2) is 60.0. The number of phosphoric acid groups is 1. The lowest BCUT2D eigenvalue weighted by Crippen LogP contribution is -2.37. The van der Waals surface area contributed by atoms with Crippen LogP contribution in [0.5, 0.6) is 0 Å². The molecule has 1 N–H and O–H groups in total. The van der Waals surface area contributed by atoms with Gasteiger partial charge >= 0.3 is 19.8 Å². The fourth-order valence-corrected chi connectivity index (χ4v) is 9.34. The van der Waals surface area contributed by atoms with Crippen molar-refractivity contribution >= 4 is 19.8 Å². The number of hydrogen-bond acceptors (Lipinski definition) is 7. The molecule has 80 heavy (non-hydrogen) atoms. The summed E-state index contributed by atoms with van der Waals surface area (Å²) in [6.45, 7) is 4.21. The average Bonchev–Trinajstić information content (AvgIpc) is 3.42. The van der Waals surface area contributed by atoms with E-state index in [-0.39, 0.29) is 32.0 Å². The number of quaternary nitrogens is 1. The third-order valence-corrected chi connectivity index (χ3v) is 14.5. The van der Waals surface area contributed by atoms with Gasteiger partial charge in [-0.1, -0.05) is 264 Å². The van der Waals surface area contributed by atoms with Crippen LogP contribution in [0.4, 0.5) is 0 Å². The van der Waals surface area contributed by atoms with Gasteiger partial charge in [0, 0.05) is 12.8 Å². The lowest BCUT2D eigenvalue weighted by molar-refractivity contribution is -0.870. The smallest absolute Gasteiger partial charge is 0.462 e. The molecule has 0 aliphatic heterocycles. The van der Waals surface area contributed by atoms with E-state index in [0.717, 1.165) is 103 Å². The monoisotopic (exact) mass is 1130 g/mol. The lowest BCUT2D eigenvalue weighted by atomic mass is 10.0. The molecule has 458 valence electrons. The van der Waals surface area contributed by atoms with Crippen LogP contribution in [0.2, 0.25) is 0 Å². The molecular formula is C70H121NO8P+. The lowest BCUT2D eigenvalue weighted by Gasteiger charge is -2.24. The summed E-state index contributed by atoms with van der Waals surface area (Å²) in [7, 11) is 1.47. The number of esters is 2. The Hall–Kier alpha value is -3.59. The highest BCUT2D eigenvalue weighted by Gasteiger charge is 2.27. The molecule has 0 fully saturated rings. The molecule has 0 amide bonds. The third kappa shape index (κ3) is 63.6. The Morgan fingerprint density at radius 3 is 1.00 bits per heavy atom. The van der Waals surface area contributed by atoms with Gasteiger partial charge in [-0.3, -0.25) is 18.6 Å². The van der Waals surface area contributed by atoms with Gasteiger partial charge in [0.05, 0.1) is 27.7 Å². The number of phosphoric ester groups is 1. The highest BCUT2D eigenvalue weighted by atomic mass is 31.2. The summed E-state index contributed by atoms with van der Waals surface area (Å²) in [6.07, 6.45) is 85.6. The van der Waals surface area contributed by atoms with Gasteiger partial charge < -0.3 is 18.9 Å². The van der Waals surface area contributed by atoms with Crippen molar-refractivity contribution in [3.8, 4) is 0 Å². The maximum atomic E-state index is 12.9. The Bertz CT molecular complexity index is 1760. The Balaban J connectivity index is 4.13. The highest BCUT2D eigenvalue weighted by Crippen LogP contribution is 2.43. The standard InChI is InChI=1S/C70H120NO8P/c1-6-8-10-12-14-16-18-20-22-24-26-28-30-32-34-35-37-39-41-43-45-47-49-51-53-55-57-59-61-63-70(73)79-68(67-78-80(74,75)77-65-64-71(3,4)5)66-76-69(72)62-60-58-56-54-52-50-48-46-44-42-40-38-36-33-31-29-27-25-23-21-19-17-15-13-11-9-7-2/h8-11,14-17,20-23,26-29,32-34,36,68H,6-7,12-13,18-19,24-25,30-31,35,37-67H2,1-5H3/p+1/b10-8-,11-9-,16-14-,17-15-,22-20-,23-21-,28-26-,29-27-,34-32-,36-33-. The summed E-state index contributed by atoms with van der Waals surface area (Å²) >= 11 is 0. The second-order valence-electron chi connectivity index (χ2n) is 22.4. The molecule has 0 heterocycles. The quantitative estimate of drug-likeness (QED) is 0.0211. The molecule has 0 aromatic heterocycles. The first-order valence-corrected chi connectivity index (χ1v) is 33.8.